The summed E-state index contributed by atoms with van der Waals surface area (Å²) >= 11 is 0. The van der Waals surface area contributed by atoms with Gasteiger partial charge in [-0.05, 0) is 66.8 Å². The van der Waals surface area contributed by atoms with Crippen LogP contribution in [0.2, 0.25) is 0 Å². The van der Waals surface area contributed by atoms with Crippen molar-refractivity contribution >= 4 is 11.8 Å². The van der Waals surface area contributed by atoms with Crippen LogP contribution in [0.3, 0.4) is 0 Å². The monoisotopic (exact) mass is 434 g/mol. The van der Waals surface area contributed by atoms with Crippen LogP contribution in [0.15, 0.2) is 48.5 Å². The van der Waals surface area contributed by atoms with Crippen molar-refractivity contribution in [3.63, 3.8) is 0 Å². The molecule has 0 radical (unpaired) electrons. The van der Waals surface area contributed by atoms with Gasteiger partial charge in [-0.2, -0.15) is 0 Å². The minimum Gasteiger partial charge on any atom is -0.497 e. The maximum absolute atomic E-state index is 13.0. The average molecular weight is 435 g/mol. The van der Waals surface area contributed by atoms with E-state index in [4.69, 9.17) is 4.74 Å². The molecule has 0 spiro atoms. The van der Waals surface area contributed by atoms with E-state index in [0.29, 0.717) is 39.0 Å². The normalized spacial score (nSPS) is 18.2. The number of methoxy groups -OCH3 is 1. The summed E-state index contributed by atoms with van der Waals surface area (Å²) in [5.74, 6) is 1.60. The maximum Gasteiger partial charge on any atom is 0.223 e. The molecule has 170 valence electrons. The predicted octanol–water partition coefficient (Wildman–Crippen LogP) is 4.20. The highest BCUT2D eigenvalue weighted by atomic mass is 16.5. The Morgan fingerprint density at radius 1 is 0.969 bits per heavy atom. The van der Waals surface area contributed by atoms with Crippen molar-refractivity contribution in [1.29, 1.82) is 0 Å². The summed E-state index contributed by atoms with van der Waals surface area (Å²) in [7, 11) is 1.69. The summed E-state index contributed by atoms with van der Waals surface area (Å²) in [6, 6.07) is 16.6. The molecule has 2 aromatic rings. The van der Waals surface area contributed by atoms with Crippen LogP contribution >= 0.6 is 0 Å². The van der Waals surface area contributed by atoms with Crippen LogP contribution < -0.4 is 4.74 Å². The van der Waals surface area contributed by atoms with E-state index >= 15 is 0 Å². The molecular formula is C27H34N2O3. The van der Waals surface area contributed by atoms with Gasteiger partial charge in [-0.15, -0.1) is 0 Å². The molecule has 2 aromatic carbocycles. The fraction of sp³-hybridized carbons (Fsp3) is 0.481. The van der Waals surface area contributed by atoms with Crippen molar-refractivity contribution < 1.29 is 14.3 Å². The molecule has 0 N–H and O–H groups in total. The van der Waals surface area contributed by atoms with E-state index in [1.807, 2.05) is 34.1 Å². The fourth-order valence-electron chi connectivity index (χ4n) is 5.02. The van der Waals surface area contributed by atoms with E-state index in [0.717, 1.165) is 37.9 Å². The second-order valence-corrected chi connectivity index (χ2v) is 8.96. The number of hydrogen-bond donors (Lipinski definition) is 0. The van der Waals surface area contributed by atoms with Gasteiger partial charge < -0.3 is 14.5 Å². The number of piperazine rings is 1. The summed E-state index contributed by atoms with van der Waals surface area (Å²) in [4.78, 5) is 29.5. The van der Waals surface area contributed by atoms with Crippen LogP contribution in [0.4, 0.5) is 0 Å². The number of rotatable bonds is 7. The lowest BCUT2D eigenvalue weighted by atomic mass is 9.80. The first kappa shape index (κ1) is 22.4. The van der Waals surface area contributed by atoms with Crippen molar-refractivity contribution in [1.82, 2.24) is 9.80 Å². The van der Waals surface area contributed by atoms with Crippen LogP contribution in [-0.4, -0.2) is 54.9 Å². The number of fused-ring (bicyclic) bond motifs is 1. The number of carbonyl (C=O) groups is 2. The smallest absolute Gasteiger partial charge is 0.223 e. The Morgan fingerprint density at radius 3 is 2.41 bits per heavy atom. The lowest BCUT2D eigenvalue weighted by molar-refractivity contribution is -0.139. The second-order valence-electron chi connectivity index (χ2n) is 8.96. The molecule has 4 rings (SSSR count). The summed E-state index contributed by atoms with van der Waals surface area (Å²) in [5.41, 5.74) is 3.90. The summed E-state index contributed by atoms with van der Waals surface area (Å²) in [5, 5.41) is 0. The van der Waals surface area contributed by atoms with Crippen molar-refractivity contribution in [2.24, 2.45) is 0 Å². The molecule has 1 atom stereocenters. The first-order chi connectivity index (χ1) is 15.6. The Kier molecular flexibility index (Phi) is 7.46. The number of ether oxygens (including phenoxy) is 1. The number of amides is 2. The number of benzene rings is 2. The molecule has 0 saturated carbocycles. The molecule has 5 nitrogen and oxygen atoms in total. The van der Waals surface area contributed by atoms with Crippen LogP contribution in [0, 0.1) is 0 Å². The van der Waals surface area contributed by atoms with E-state index in [1.54, 1.807) is 7.11 Å². The molecule has 32 heavy (non-hydrogen) atoms. The minimum atomic E-state index is 0.211. The van der Waals surface area contributed by atoms with E-state index in [2.05, 4.69) is 24.3 Å². The van der Waals surface area contributed by atoms with Gasteiger partial charge in [0.15, 0.2) is 0 Å². The average Bonchev–Trinajstić information content (AvgIpc) is 2.84. The minimum absolute atomic E-state index is 0.211. The summed E-state index contributed by atoms with van der Waals surface area (Å²) in [6.07, 6.45) is 6.17. The van der Waals surface area contributed by atoms with Crippen molar-refractivity contribution in [3.05, 3.63) is 65.2 Å². The molecule has 1 aliphatic heterocycles. The van der Waals surface area contributed by atoms with Crippen molar-refractivity contribution in [2.45, 2.75) is 50.9 Å². The van der Waals surface area contributed by atoms with Crippen LogP contribution in [0.5, 0.6) is 5.75 Å². The molecule has 0 aromatic heterocycles. The molecule has 2 aliphatic rings. The highest BCUT2D eigenvalue weighted by Gasteiger charge is 2.28. The number of aryl methyl sites for hydroxylation is 2. The Labute approximate surface area is 191 Å². The third kappa shape index (κ3) is 5.50. The van der Waals surface area contributed by atoms with Gasteiger partial charge in [0.05, 0.1) is 7.11 Å². The zero-order valence-electron chi connectivity index (χ0n) is 19.1. The first-order valence-corrected chi connectivity index (χ1v) is 11.9. The highest BCUT2D eigenvalue weighted by Crippen LogP contribution is 2.36. The maximum atomic E-state index is 13.0. The molecule has 1 heterocycles. The fourth-order valence-corrected chi connectivity index (χ4v) is 5.02. The standard InChI is InChI=1S/C27H34N2O3/c1-32-24-13-14-25-22(19-24)10-6-11-23(25)20-27(31)29-17-15-28(16-18-29)26(30)12-5-9-21-7-3-2-4-8-21/h2-4,7-8,13-14,19,23H,5-6,9-12,15-18,20H2,1H3. The molecule has 2 amide bonds. The molecule has 1 unspecified atom stereocenters. The molecular weight excluding hydrogens is 400 g/mol. The quantitative estimate of drug-likeness (QED) is 0.656. The van der Waals surface area contributed by atoms with Gasteiger partial charge in [0.25, 0.3) is 0 Å². The Morgan fingerprint density at radius 2 is 1.69 bits per heavy atom. The van der Waals surface area contributed by atoms with Gasteiger partial charge in [0.1, 0.15) is 5.75 Å². The third-order valence-corrected chi connectivity index (χ3v) is 6.89. The summed E-state index contributed by atoms with van der Waals surface area (Å²) in [6.45, 7) is 2.58. The Balaban J connectivity index is 1.23. The Bertz CT molecular complexity index is 920. The van der Waals surface area contributed by atoms with E-state index in [9.17, 15) is 9.59 Å². The van der Waals surface area contributed by atoms with Crippen molar-refractivity contribution in [3.8, 4) is 5.75 Å². The first-order valence-electron chi connectivity index (χ1n) is 11.9. The van der Waals surface area contributed by atoms with Gasteiger partial charge in [0, 0.05) is 39.0 Å². The zero-order valence-corrected chi connectivity index (χ0v) is 19.1. The van der Waals surface area contributed by atoms with Gasteiger partial charge in [-0.3, -0.25) is 9.59 Å². The van der Waals surface area contributed by atoms with Crippen molar-refractivity contribution in [2.75, 3.05) is 33.3 Å². The lowest BCUT2D eigenvalue weighted by Gasteiger charge is -2.36. The zero-order chi connectivity index (χ0) is 22.3. The lowest BCUT2D eigenvalue weighted by Crippen LogP contribution is -2.50. The molecule has 1 saturated heterocycles. The number of nitrogens with zero attached hydrogens (tertiary/aromatic N) is 2. The van der Waals surface area contributed by atoms with E-state index < -0.39 is 0 Å². The molecule has 0 bridgehead atoms. The largest absolute Gasteiger partial charge is 0.497 e. The molecule has 5 heteroatoms. The number of carbonyl (C=O) groups excluding carboxylic acids is 2. The summed E-state index contributed by atoms with van der Waals surface area (Å²) < 4.78 is 5.36. The Hall–Kier alpha value is -2.82. The number of hydrogen-bond acceptors (Lipinski definition) is 3. The van der Waals surface area contributed by atoms with Gasteiger partial charge in [0.2, 0.25) is 11.8 Å². The van der Waals surface area contributed by atoms with E-state index in [1.165, 1.54) is 16.7 Å². The highest BCUT2D eigenvalue weighted by molar-refractivity contribution is 5.79. The van der Waals surface area contributed by atoms with Gasteiger partial charge in [-0.25, -0.2) is 0 Å². The van der Waals surface area contributed by atoms with E-state index in [-0.39, 0.29) is 17.7 Å². The van der Waals surface area contributed by atoms with Crippen LogP contribution in [0.1, 0.15) is 54.7 Å². The molecule has 1 fully saturated rings. The second kappa shape index (κ2) is 10.7. The van der Waals surface area contributed by atoms with Crippen LogP contribution in [-0.2, 0) is 22.4 Å². The third-order valence-electron chi connectivity index (χ3n) is 6.89. The molecule has 1 aliphatic carbocycles. The van der Waals surface area contributed by atoms with Gasteiger partial charge >= 0.3 is 0 Å². The SMILES string of the molecule is COc1ccc2c(c1)CCCC2CC(=O)N1CCN(C(=O)CCCc2ccccc2)CC1. The van der Waals surface area contributed by atoms with Crippen LogP contribution in [0.25, 0.3) is 0 Å². The van der Waals surface area contributed by atoms with Gasteiger partial charge in [-0.1, -0.05) is 36.4 Å². The topological polar surface area (TPSA) is 49.9 Å². The predicted molar refractivity (Wildman–Crippen MR) is 126 cm³/mol.